The van der Waals surface area contributed by atoms with E-state index in [0.29, 0.717) is 22.0 Å². The fraction of sp³-hybridized carbons (Fsp3) is 0.235. The van der Waals surface area contributed by atoms with Crippen LogP contribution in [0.5, 0.6) is 5.75 Å². The fourth-order valence-corrected chi connectivity index (χ4v) is 2.91. The Morgan fingerprint density at radius 2 is 1.80 bits per heavy atom. The number of thiophene rings is 1. The first-order valence-electron chi connectivity index (χ1n) is 7.54. The molecule has 1 atom stereocenters. The van der Waals surface area contributed by atoms with Crippen molar-refractivity contribution in [2.45, 2.75) is 0 Å². The third-order valence-corrected chi connectivity index (χ3v) is 4.17. The van der Waals surface area contributed by atoms with Crippen LogP contribution in [0.15, 0.2) is 35.7 Å². The lowest BCUT2D eigenvalue weighted by Crippen LogP contribution is -3.11. The molecule has 8 heteroatoms. The maximum atomic E-state index is 12.0. The number of rotatable bonds is 7. The van der Waals surface area contributed by atoms with Gasteiger partial charge in [-0.3, -0.25) is 9.59 Å². The average molecular weight is 359 g/mol. The number of methoxy groups -OCH3 is 1. The third kappa shape index (κ3) is 5.60. The van der Waals surface area contributed by atoms with Crippen LogP contribution in [0.25, 0.3) is 0 Å². The number of nitrogens with zero attached hydrogens (tertiary/aromatic N) is 1. The van der Waals surface area contributed by atoms with E-state index >= 15 is 0 Å². The van der Waals surface area contributed by atoms with Crippen molar-refractivity contribution < 1.29 is 19.2 Å². The molecule has 0 aliphatic heterocycles. The number of nitriles is 1. The molecule has 2 rings (SSSR count). The molecule has 130 valence electrons. The summed E-state index contributed by atoms with van der Waals surface area (Å²) in [5, 5.41) is 16.7. The Labute approximate surface area is 149 Å². The summed E-state index contributed by atoms with van der Waals surface area (Å²) in [4.78, 5) is 24.8. The van der Waals surface area contributed by atoms with Gasteiger partial charge < -0.3 is 20.3 Å². The highest BCUT2D eigenvalue weighted by Crippen LogP contribution is 2.21. The van der Waals surface area contributed by atoms with E-state index in [1.165, 1.54) is 11.3 Å². The zero-order chi connectivity index (χ0) is 18.2. The molecule has 0 fully saturated rings. The SMILES string of the molecule is COc1ccc(NC(=O)C[NH+](C)CC(=O)Nc2sccc2C#N)cc1. The van der Waals surface area contributed by atoms with E-state index in [-0.39, 0.29) is 24.9 Å². The number of likely N-dealkylation sites (N-methyl/N-ethyl adjacent to an activating group) is 1. The second-order valence-corrected chi connectivity index (χ2v) is 6.33. The summed E-state index contributed by atoms with van der Waals surface area (Å²) in [6, 6.07) is 10.7. The number of hydrogen-bond donors (Lipinski definition) is 3. The topological polar surface area (TPSA) is 95.7 Å². The molecule has 0 spiro atoms. The van der Waals surface area contributed by atoms with Crippen molar-refractivity contribution >= 4 is 33.8 Å². The van der Waals surface area contributed by atoms with E-state index in [2.05, 4.69) is 10.6 Å². The van der Waals surface area contributed by atoms with E-state index < -0.39 is 0 Å². The summed E-state index contributed by atoms with van der Waals surface area (Å²) in [6.07, 6.45) is 0. The van der Waals surface area contributed by atoms with E-state index in [0.717, 1.165) is 4.90 Å². The Morgan fingerprint density at radius 1 is 1.16 bits per heavy atom. The van der Waals surface area contributed by atoms with Crippen LogP contribution in [0.3, 0.4) is 0 Å². The maximum Gasteiger partial charge on any atom is 0.280 e. The minimum Gasteiger partial charge on any atom is -0.497 e. The van der Waals surface area contributed by atoms with Gasteiger partial charge in [0.25, 0.3) is 11.8 Å². The number of anilines is 2. The minimum absolute atomic E-state index is 0.124. The van der Waals surface area contributed by atoms with E-state index in [1.54, 1.807) is 49.9 Å². The highest BCUT2D eigenvalue weighted by Gasteiger charge is 2.16. The summed E-state index contributed by atoms with van der Waals surface area (Å²) < 4.78 is 5.06. The van der Waals surface area contributed by atoms with Gasteiger partial charge in [-0.2, -0.15) is 5.26 Å². The molecular weight excluding hydrogens is 340 g/mol. The lowest BCUT2D eigenvalue weighted by atomic mass is 10.3. The molecule has 1 aromatic carbocycles. The number of nitrogens with one attached hydrogen (secondary N) is 3. The van der Waals surface area contributed by atoms with Crippen LogP contribution in [-0.2, 0) is 9.59 Å². The van der Waals surface area contributed by atoms with Gasteiger partial charge in [-0.25, -0.2) is 0 Å². The molecule has 0 aliphatic rings. The molecule has 7 nitrogen and oxygen atoms in total. The zero-order valence-electron chi connectivity index (χ0n) is 14.0. The van der Waals surface area contributed by atoms with Crippen molar-refractivity contribution in [3.05, 3.63) is 41.3 Å². The Hall–Kier alpha value is -2.89. The van der Waals surface area contributed by atoms with E-state index in [1.807, 2.05) is 6.07 Å². The summed E-state index contributed by atoms with van der Waals surface area (Å²) in [7, 11) is 3.33. The molecule has 0 saturated carbocycles. The van der Waals surface area contributed by atoms with Crippen LogP contribution in [0, 0.1) is 11.3 Å². The first-order chi connectivity index (χ1) is 12.0. The molecule has 0 aliphatic carbocycles. The van der Waals surface area contributed by atoms with E-state index in [4.69, 9.17) is 10.00 Å². The maximum absolute atomic E-state index is 12.0. The van der Waals surface area contributed by atoms with Crippen LogP contribution in [0.1, 0.15) is 5.56 Å². The van der Waals surface area contributed by atoms with Crippen LogP contribution >= 0.6 is 11.3 Å². The van der Waals surface area contributed by atoms with Crippen molar-refractivity contribution in [3.63, 3.8) is 0 Å². The molecule has 0 bridgehead atoms. The largest absolute Gasteiger partial charge is 0.497 e. The van der Waals surface area contributed by atoms with Crippen LogP contribution in [-0.4, -0.2) is 39.1 Å². The van der Waals surface area contributed by atoms with E-state index in [9.17, 15) is 9.59 Å². The van der Waals surface area contributed by atoms with Crippen LogP contribution in [0.4, 0.5) is 10.7 Å². The lowest BCUT2D eigenvalue weighted by molar-refractivity contribution is -0.862. The van der Waals surface area contributed by atoms with Gasteiger partial charge in [-0.15, -0.1) is 11.3 Å². The van der Waals surface area contributed by atoms with Gasteiger partial charge in [-0.05, 0) is 35.7 Å². The molecule has 3 N–H and O–H groups in total. The average Bonchev–Trinajstić information content (AvgIpc) is 3.02. The molecule has 2 amide bonds. The number of benzene rings is 1. The molecule has 1 heterocycles. The first kappa shape index (κ1) is 18.4. The monoisotopic (exact) mass is 359 g/mol. The molecular formula is C17H19N4O3S+. The Bertz CT molecular complexity index is 780. The van der Waals surface area contributed by atoms with Crippen LogP contribution < -0.4 is 20.3 Å². The lowest BCUT2D eigenvalue weighted by Gasteiger charge is -2.13. The second-order valence-electron chi connectivity index (χ2n) is 5.41. The molecule has 25 heavy (non-hydrogen) atoms. The molecule has 0 saturated heterocycles. The normalized spacial score (nSPS) is 11.2. The third-order valence-electron chi connectivity index (χ3n) is 3.34. The molecule has 0 radical (unpaired) electrons. The number of amides is 2. The second kappa shape index (κ2) is 8.82. The predicted molar refractivity (Wildman–Crippen MR) is 95.9 cm³/mol. The summed E-state index contributed by atoms with van der Waals surface area (Å²) in [5.41, 5.74) is 1.11. The summed E-state index contributed by atoms with van der Waals surface area (Å²) in [5.74, 6) is 0.278. The number of carbonyl (C=O) groups is 2. The predicted octanol–water partition coefficient (Wildman–Crippen LogP) is 0.720. The molecule has 1 aromatic heterocycles. The van der Waals surface area contributed by atoms with Gasteiger partial charge >= 0.3 is 0 Å². The molecule has 1 unspecified atom stereocenters. The quantitative estimate of drug-likeness (QED) is 0.679. The van der Waals surface area contributed by atoms with Crippen molar-refractivity contribution in [2.75, 3.05) is 37.9 Å². The Kier molecular flexibility index (Phi) is 6.51. The highest BCUT2D eigenvalue weighted by atomic mass is 32.1. The first-order valence-corrected chi connectivity index (χ1v) is 8.42. The summed E-state index contributed by atoms with van der Waals surface area (Å²) in [6.45, 7) is 0.272. The van der Waals surface area contributed by atoms with Crippen molar-refractivity contribution in [1.82, 2.24) is 0 Å². The van der Waals surface area contributed by atoms with Gasteiger partial charge in [-0.1, -0.05) is 0 Å². The van der Waals surface area contributed by atoms with Gasteiger partial charge in [0.05, 0.1) is 19.7 Å². The zero-order valence-corrected chi connectivity index (χ0v) is 14.8. The minimum atomic E-state index is -0.242. The van der Waals surface area contributed by atoms with Crippen LogP contribution in [0.2, 0.25) is 0 Å². The number of carbonyl (C=O) groups excluding carboxylic acids is 2. The molecule has 2 aromatic rings. The number of quaternary nitrogens is 1. The standard InChI is InChI=1S/C17H18N4O3S/c1-21(11-16(23)20-17-12(9-18)7-8-25-17)10-15(22)19-13-3-5-14(24-2)6-4-13/h3-8H,10-11H2,1-2H3,(H,19,22)(H,20,23)/p+1. The van der Waals surface area contributed by atoms with Crippen molar-refractivity contribution in [1.29, 1.82) is 5.26 Å². The Morgan fingerprint density at radius 3 is 2.40 bits per heavy atom. The highest BCUT2D eigenvalue weighted by molar-refractivity contribution is 7.14. The number of hydrogen-bond acceptors (Lipinski definition) is 5. The van der Waals surface area contributed by atoms with Gasteiger partial charge in [0.2, 0.25) is 0 Å². The summed E-state index contributed by atoms with van der Waals surface area (Å²) >= 11 is 1.29. The van der Waals surface area contributed by atoms with Gasteiger partial charge in [0, 0.05) is 5.69 Å². The van der Waals surface area contributed by atoms with Crippen molar-refractivity contribution in [2.24, 2.45) is 0 Å². The van der Waals surface area contributed by atoms with Crippen molar-refractivity contribution in [3.8, 4) is 11.8 Å². The fourth-order valence-electron chi connectivity index (χ4n) is 2.16. The smallest absolute Gasteiger partial charge is 0.280 e. The Balaban J connectivity index is 1.80. The number of ether oxygens (including phenoxy) is 1. The van der Waals surface area contributed by atoms with Gasteiger partial charge in [0.15, 0.2) is 13.1 Å². The van der Waals surface area contributed by atoms with Gasteiger partial charge in [0.1, 0.15) is 16.8 Å².